The van der Waals surface area contributed by atoms with E-state index < -0.39 is 52.4 Å². The number of alkyl halides is 4. The molecular formula is C33H23ClF3N5O6. The number of aromatic amines is 2. The number of nitrogens with one attached hydrogen (secondary N) is 3. The van der Waals surface area contributed by atoms with Gasteiger partial charge < -0.3 is 35.1 Å². The number of benzene rings is 3. The van der Waals surface area contributed by atoms with E-state index in [1.807, 2.05) is 11.1 Å². The number of carboxylic acid groups (broad SMARTS) is 1. The van der Waals surface area contributed by atoms with Crippen molar-refractivity contribution >= 4 is 73.3 Å². The van der Waals surface area contributed by atoms with Crippen LogP contribution < -0.4 is 15.0 Å². The summed E-state index contributed by atoms with van der Waals surface area (Å²) < 4.78 is 46.6. The van der Waals surface area contributed by atoms with Crippen LogP contribution in [0.1, 0.15) is 48.5 Å². The number of phenols is 1. The Morgan fingerprint density at radius 3 is 2.56 bits per heavy atom. The molecule has 1 aliphatic heterocycles. The number of aromatic carboxylic acids is 1. The van der Waals surface area contributed by atoms with Gasteiger partial charge in [-0.3, -0.25) is 14.6 Å². The van der Waals surface area contributed by atoms with Crippen molar-refractivity contribution in [2.24, 2.45) is 0 Å². The second-order valence-corrected chi connectivity index (χ2v) is 11.6. The zero-order valence-corrected chi connectivity index (χ0v) is 25.5. The third-order valence-corrected chi connectivity index (χ3v) is 8.75. The van der Waals surface area contributed by atoms with E-state index in [4.69, 9.17) is 16.3 Å². The Morgan fingerprint density at radius 2 is 1.85 bits per heavy atom. The molecule has 244 valence electrons. The third kappa shape index (κ3) is 5.01. The number of anilines is 2. The molecule has 0 saturated carbocycles. The second kappa shape index (κ2) is 11.2. The molecule has 0 bridgehead atoms. The van der Waals surface area contributed by atoms with Crippen molar-refractivity contribution in [2.75, 3.05) is 29.8 Å². The fourth-order valence-electron chi connectivity index (χ4n) is 6.20. The highest BCUT2D eigenvalue weighted by Crippen LogP contribution is 2.49. The van der Waals surface area contributed by atoms with Crippen LogP contribution in [0.5, 0.6) is 11.5 Å². The maximum atomic E-state index is 13.8. The molecule has 2 amide bonds. The largest absolute Gasteiger partial charge is 0.506 e. The van der Waals surface area contributed by atoms with Gasteiger partial charge in [-0.15, -0.1) is 11.6 Å². The van der Waals surface area contributed by atoms with Crippen molar-refractivity contribution in [3.8, 4) is 11.5 Å². The number of aromatic hydroxyl groups is 1. The summed E-state index contributed by atoms with van der Waals surface area (Å²) in [5.74, 6) is -3.77. The van der Waals surface area contributed by atoms with Gasteiger partial charge in [-0.1, -0.05) is 6.07 Å². The Morgan fingerprint density at radius 1 is 1.06 bits per heavy atom. The lowest BCUT2D eigenvalue weighted by molar-refractivity contribution is -0.141. The summed E-state index contributed by atoms with van der Waals surface area (Å²) in [5, 5.41) is 25.1. The number of amides is 2. The predicted molar refractivity (Wildman–Crippen MR) is 172 cm³/mol. The van der Waals surface area contributed by atoms with E-state index in [1.165, 1.54) is 4.90 Å². The fourth-order valence-corrected chi connectivity index (χ4v) is 6.45. The zero-order valence-electron chi connectivity index (χ0n) is 24.7. The number of carboxylic acids is 1. The van der Waals surface area contributed by atoms with Crippen molar-refractivity contribution in [3.63, 3.8) is 0 Å². The molecule has 1 atom stereocenters. The molecular weight excluding hydrogens is 655 g/mol. The predicted octanol–water partition coefficient (Wildman–Crippen LogP) is 6.86. The summed E-state index contributed by atoms with van der Waals surface area (Å²) in [6, 6.07) is 14.7. The van der Waals surface area contributed by atoms with Crippen LogP contribution in [0.4, 0.5) is 24.5 Å². The highest BCUT2D eigenvalue weighted by molar-refractivity contribution is 6.20. The number of carbonyl (C=O) groups excluding carboxylic acids is 2. The topological polar surface area (TPSA) is 161 Å². The van der Waals surface area contributed by atoms with Crippen LogP contribution in [-0.4, -0.2) is 62.5 Å². The highest BCUT2D eigenvalue weighted by atomic mass is 35.5. The maximum Gasteiger partial charge on any atom is 0.432 e. The summed E-state index contributed by atoms with van der Waals surface area (Å²) in [6.07, 6.45) is -3.48. The molecule has 11 nitrogen and oxygen atoms in total. The second-order valence-electron chi connectivity index (χ2n) is 11.2. The lowest BCUT2D eigenvalue weighted by Crippen LogP contribution is -2.30. The number of pyridine rings is 1. The van der Waals surface area contributed by atoms with Crippen molar-refractivity contribution in [1.29, 1.82) is 0 Å². The molecule has 1 aliphatic rings. The zero-order chi connectivity index (χ0) is 34.1. The normalized spacial score (nSPS) is 14.5. The Balaban J connectivity index is 1.20. The highest BCUT2D eigenvalue weighted by Gasteiger charge is 2.43. The van der Waals surface area contributed by atoms with Gasteiger partial charge in [-0.2, -0.15) is 13.2 Å². The summed E-state index contributed by atoms with van der Waals surface area (Å²) in [4.78, 5) is 49.5. The molecule has 6 aromatic rings. The summed E-state index contributed by atoms with van der Waals surface area (Å²) in [7, 11) is 1.56. The number of nitrogens with zero attached hydrogens (tertiary/aromatic N) is 2. The van der Waals surface area contributed by atoms with Crippen LogP contribution in [0.2, 0.25) is 0 Å². The van der Waals surface area contributed by atoms with Crippen molar-refractivity contribution < 1.29 is 42.5 Å². The number of methoxy groups -OCH3 is 1. The number of ether oxygens (including phenoxy) is 1. The summed E-state index contributed by atoms with van der Waals surface area (Å²) in [6.45, 7) is -0.0793. The third-order valence-electron chi connectivity index (χ3n) is 8.38. The minimum Gasteiger partial charge on any atom is -0.506 e. The number of rotatable bonds is 6. The first-order valence-electron chi connectivity index (χ1n) is 14.4. The van der Waals surface area contributed by atoms with Crippen LogP contribution in [0, 0.1) is 0 Å². The van der Waals surface area contributed by atoms with Crippen molar-refractivity contribution in [2.45, 2.75) is 12.1 Å². The van der Waals surface area contributed by atoms with E-state index in [0.717, 1.165) is 16.8 Å². The van der Waals surface area contributed by atoms with Gasteiger partial charge >= 0.3 is 12.1 Å². The van der Waals surface area contributed by atoms with Gasteiger partial charge in [-0.05, 0) is 53.4 Å². The first-order chi connectivity index (χ1) is 22.9. The molecule has 0 unspecified atom stereocenters. The van der Waals surface area contributed by atoms with Crippen LogP contribution in [0.3, 0.4) is 0 Å². The number of carbonyl (C=O) groups is 3. The van der Waals surface area contributed by atoms with E-state index in [0.29, 0.717) is 22.3 Å². The molecule has 7 rings (SSSR count). The molecule has 0 spiro atoms. The van der Waals surface area contributed by atoms with Crippen LogP contribution in [0.25, 0.3) is 32.6 Å². The molecule has 0 radical (unpaired) electrons. The van der Waals surface area contributed by atoms with E-state index in [-0.39, 0.29) is 40.4 Å². The molecule has 0 aliphatic carbocycles. The Bertz CT molecular complexity index is 2330. The lowest BCUT2D eigenvalue weighted by atomic mass is 9.95. The Labute approximate surface area is 272 Å². The first-order valence-corrected chi connectivity index (χ1v) is 14.9. The monoisotopic (exact) mass is 677 g/mol. The van der Waals surface area contributed by atoms with E-state index in [1.54, 1.807) is 55.8 Å². The summed E-state index contributed by atoms with van der Waals surface area (Å²) in [5.41, 5.74) is -1.59. The first kappa shape index (κ1) is 30.9. The van der Waals surface area contributed by atoms with Gasteiger partial charge in [0.2, 0.25) is 0 Å². The molecule has 48 heavy (non-hydrogen) atoms. The number of hydrogen-bond acceptors (Lipinski definition) is 6. The van der Waals surface area contributed by atoms with E-state index in [9.17, 15) is 37.8 Å². The molecule has 3 aromatic carbocycles. The van der Waals surface area contributed by atoms with Crippen molar-refractivity contribution in [1.82, 2.24) is 15.0 Å². The Kier molecular flexibility index (Phi) is 7.20. The summed E-state index contributed by atoms with van der Waals surface area (Å²) >= 11 is 6.20. The van der Waals surface area contributed by atoms with E-state index in [2.05, 4.69) is 15.3 Å². The van der Waals surface area contributed by atoms with Gasteiger partial charge in [-0.25, -0.2) is 4.79 Å². The van der Waals surface area contributed by atoms with Gasteiger partial charge in [0.1, 0.15) is 28.6 Å². The Hall–Kier alpha value is -5.76. The van der Waals surface area contributed by atoms with Crippen LogP contribution in [-0.2, 0) is 6.18 Å². The fraction of sp³-hybridized carbons (Fsp3) is 0.152. The molecule has 3 aromatic heterocycles. The van der Waals surface area contributed by atoms with Gasteiger partial charge in [0.15, 0.2) is 0 Å². The number of H-pyrrole nitrogens is 2. The minimum atomic E-state index is -5.06. The van der Waals surface area contributed by atoms with Crippen molar-refractivity contribution in [3.05, 3.63) is 89.0 Å². The minimum absolute atomic E-state index is 0.0406. The lowest BCUT2D eigenvalue weighted by Gasteiger charge is -2.17. The molecule has 4 heterocycles. The number of halogens is 4. The van der Waals surface area contributed by atoms with Crippen LogP contribution >= 0.6 is 11.6 Å². The quantitative estimate of drug-likeness (QED) is 0.120. The molecule has 0 fully saturated rings. The van der Waals surface area contributed by atoms with Gasteiger partial charge in [0.05, 0.1) is 23.9 Å². The average molecular weight is 678 g/mol. The SMILES string of the molecule is COc1ccc2cc(C(=O)Nc3ccc4[nH]c(C(=O)N5C[C@@H](CCl)c6c5cc(O)c5[nH]c(C(F)(F)F)c(C(=O)O)c65)cc4c3)ncc2c1. The van der Waals surface area contributed by atoms with Gasteiger partial charge in [0.25, 0.3) is 11.8 Å². The number of phenolic OH excluding ortho intramolecular Hbond substituents is 1. The number of fused-ring (bicyclic) bond motifs is 5. The van der Waals surface area contributed by atoms with E-state index >= 15 is 0 Å². The standard InChI is InChI=1S/C33H23ClF3N5O6/c1-48-19-4-2-14-8-21(38-12-16(14)7-19)30(44)39-18-3-5-20-15(6-18)9-22(40-20)31(45)42-13-17(11-34)25-23(42)10-24(43)28-26(25)27(32(46)47)29(41-28)33(35,36)37/h2-10,12,17,40-41,43H,11,13H2,1H3,(H,39,44)(H,46,47)/t17-/m1/s1. The molecule has 0 saturated heterocycles. The smallest absolute Gasteiger partial charge is 0.432 e. The maximum absolute atomic E-state index is 13.8. The average Bonchev–Trinajstić information content (AvgIpc) is 3.77. The molecule has 15 heteroatoms. The van der Waals surface area contributed by atoms with Gasteiger partial charge in [0, 0.05) is 58.0 Å². The van der Waals surface area contributed by atoms with Crippen LogP contribution in [0.15, 0.2) is 60.8 Å². The molecule has 5 N–H and O–H groups in total. The number of hydrogen-bond donors (Lipinski definition) is 5. The number of aromatic nitrogens is 3.